The van der Waals surface area contributed by atoms with E-state index < -0.39 is 6.10 Å². The fourth-order valence-corrected chi connectivity index (χ4v) is 3.54. The van der Waals surface area contributed by atoms with E-state index >= 15 is 0 Å². The van der Waals surface area contributed by atoms with Crippen molar-refractivity contribution in [2.24, 2.45) is 5.92 Å². The Labute approximate surface area is 131 Å². The number of ether oxygens (including phenoxy) is 1. The van der Waals surface area contributed by atoms with Crippen molar-refractivity contribution in [1.82, 2.24) is 10.3 Å². The number of aliphatic hydroxyl groups is 1. The maximum Gasteiger partial charge on any atom is 0.0897 e. The number of aryl methyl sites for hydroxylation is 1. The third-order valence-corrected chi connectivity index (χ3v) is 5.28. The topological polar surface area (TPSA) is 54.4 Å². The first-order chi connectivity index (χ1) is 10.1. The van der Waals surface area contributed by atoms with Crippen molar-refractivity contribution in [2.45, 2.75) is 58.1 Å². The maximum atomic E-state index is 9.95. The van der Waals surface area contributed by atoms with Gasteiger partial charge >= 0.3 is 0 Å². The average molecular weight is 312 g/mol. The molecule has 0 spiro atoms. The van der Waals surface area contributed by atoms with Gasteiger partial charge in [-0.2, -0.15) is 0 Å². The van der Waals surface area contributed by atoms with Gasteiger partial charge in [-0.05, 0) is 38.5 Å². The highest BCUT2D eigenvalue weighted by Gasteiger charge is 2.18. The molecule has 5 heteroatoms. The van der Waals surface area contributed by atoms with Crippen LogP contribution in [-0.4, -0.2) is 42.0 Å². The van der Waals surface area contributed by atoms with E-state index in [0.717, 1.165) is 18.0 Å². The number of aliphatic hydroxyl groups excluding tert-OH is 1. The van der Waals surface area contributed by atoms with E-state index in [-0.39, 0.29) is 0 Å². The number of hydrogen-bond acceptors (Lipinski definition) is 5. The van der Waals surface area contributed by atoms with Crippen LogP contribution in [0.1, 0.15) is 43.2 Å². The van der Waals surface area contributed by atoms with Crippen LogP contribution >= 0.6 is 11.3 Å². The van der Waals surface area contributed by atoms with Gasteiger partial charge in [-0.15, -0.1) is 11.3 Å². The lowest BCUT2D eigenvalue weighted by molar-refractivity contribution is 0.0362. The third-order valence-electron chi connectivity index (χ3n) is 4.29. The minimum absolute atomic E-state index is 0.410. The molecule has 2 N–H and O–H groups in total. The summed E-state index contributed by atoms with van der Waals surface area (Å²) in [5.74, 6) is 0.867. The van der Waals surface area contributed by atoms with Gasteiger partial charge in [0.1, 0.15) is 0 Å². The molecule has 0 aliphatic heterocycles. The monoisotopic (exact) mass is 312 g/mol. The molecule has 1 aromatic rings. The molecule has 1 saturated carbocycles. The van der Waals surface area contributed by atoms with Gasteiger partial charge in [-0.1, -0.05) is 6.92 Å². The lowest BCUT2D eigenvalue weighted by atomic mass is 9.87. The summed E-state index contributed by atoms with van der Waals surface area (Å²) >= 11 is 1.67. The molecule has 1 aromatic heterocycles. The first kappa shape index (κ1) is 16.9. The Balaban J connectivity index is 1.51. The van der Waals surface area contributed by atoms with Gasteiger partial charge in [-0.25, -0.2) is 4.98 Å². The molecular weight excluding hydrogens is 284 g/mol. The second kappa shape index (κ2) is 8.83. The van der Waals surface area contributed by atoms with Crippen LogP contribution in [0.15, 0.2) is 5.51 Å². The molecule has 1 atom stereocenters. The van der Waals surface area contributed by atoms with Gasteiger partial charge in [-0.3, -0.25) is 0 Å². The molecule has 1 unspecified atom stereocenters. The number of rotatable bonds is 8. The van der Waals surface area contributed by atoms with Gasteiger partial charge in [0.15, 0.2) is 0 Å². The van der Waals surface area contributed by atoms with E-state index in [1.165, 1.54) is 30.6 Å². The van der Waals surface area contributed by atoms with Crippen LogP contribution < -0.4 is 5.32 Å². The van der Waals surface area contributed by atoms with Crippen molar-refractivity contribution in [2.75, 3.05) is 19.8 Å². The summed E-state index contributed by atoms with van der Waals surface area (Å²) in [7, 11) is 0. The molecule has 1 heterocycles. The van der Waals surface area contributed by atoms with Crippen LogP contribution in [0, 0.1) is 12.8 Å². The number of nitrogens with zero attached hydrogens (tertiary/aromatic N) is 1. The van der Waals surface area contributed by atoms with Crippen molar-refractivity contribution in [3.8, 4) is 0 Å². The quantitative estimate of drug-likeness (QED) is 0.724. The average Bonchev–Trinajstić information content (AvgIpc) is 2.88. The van der Waals surface area contributed by atoms with Crippen LogP contribution in [-0.2, 0) is 11.2 Å². The Morgan fingerprint density at radius 1 is 1.43 bits per heavy atom. The SMILES string of the molecule is Cc1ncsc1CCOCC(O)CNC1CCC(C)CC1. The largest absolute Gasteiger partial charge is 0.389 e. The Bertz CT molecular complexity index is 403. The smallest absolute Gasteiger partial charge is 0.0897 e. The van der Waals surface area contributed by atoms with Crippen molar-refractivity contribution in [1.29, 1.82) is 0 Å². The van der Waals surface area contributed by atoms with Crippen LogP contribution in [0.3, 0.4) is 0 Å². The summed E-state index contributed by atoms with van der Waals surface area (Å²) in [5, 5.41) is 13.4. The molecule has 4 nitrogen and oxygen atoms in total. The number of aromatic nitrogens is 1. The molecule has 0 amide bonds. The van der Waals surface area contributed by atoms with E-state index in [1.807, 2.05) is 12.4 Å². The fraction of sp³-hybridized carbons (Fsp3) is 0.812. The second-order valence-electron chi connectivity index (χ2n) is 6.20. The molecule has 0 bridgehead atoms. The molecule has 120 valence electrons. The summed E-state index contributed by atoms with van der Waals surface area (Å²) in [4.78, 5) is 5.50. The molecule has 0 aromatic carbocycles. The van der Waals surface area contributed by atoms with Gasteiger partial charge in [0.25, 0.3) is 0 Å². The Hall–Kier alpha value is -0.490. The van der Waals surface area contributed by atoms with Crippen LogP contribution in [0.2, 0.25) is 0 Å². The van der Waals surface area contributed by atoms with E-state index in [4.69, 9.17) is 4.74 Å². The highest BCUT2D eigenvalue weighted by molar-refractivity contribution is 7.09. The van der Waals surface area contributed by atoms with E-state index in [2.05, 4.69) is 17.2 Å². The molecular formula is C16H28N2O2S. The van der Waals surface area contributed by atoms with Crippen LogP contribution in [0.4, 0.5) is 0 Å². The van der Waals surface area contributed by atoms with Crippen molar-refractivity contribution in [3.63, 3.8) is 0 Å². The lowest BCUT2D eigenvalue weighted by Gasteiger charge is -2.27. The zero-order valence-electron chi connectivity index (χ0n) is 13.2. The molecule has 1 aliphatic rings. The highest BCUT2D eigenvalue weighted by atomic mass is 32.1. The molecule has 1 fully saturated rings. The Morgan fingerprint density at radius 2 is 2.19 bits per heavy atom. The minimum Gasteiger partial charge on any atom is -0.389 e. The van der Waals surface area contributed by atoms with Crippen LogP contribution in [0.5, 0.6) is 0 Å². The van der Waals surface area contributed by atoms with Gasteiger partial charge in [0.2, 0.25) is 0 Å². The molecule has 1 aliphatic carbocycles. The standard InChI is InChI=1S/C16H28N2O2S/c1-12-3-5-14(6-4-12)17-9-15(19)10-20-8-7-16-13(2)18-11-21-16/h11-12,14-15,17,19H,3-10H2,1-2H3. The maximum absolute atomic E-state index is 9.95. The lowest BCUT2D eigenvalue weighted by Crippen LogP contribution is -2.39. The number of thiazole rings is 1. The molecule has 21 heavy (non-hydrogen) atoms. The summed E-state index contributed by atoms with van der Waals surface area (Å²) in [6, 6.07) is 0.579. The number of nitrogens with one attached hydrogen (secondary N) is 1. The van der Waals surface area contributed by atoms with Crippen molar-refractivity contribution < 1.29 is 9.84 Å². The molecule has 0 radical (unpaired) electrons. The van der Waals surface area contributed by atoms with Gasteiger partial charge < -0.3 is 15.2 Å². The van der Waals surface area contributed by atoms with E-state index in [1.54, 1.807) is 11.3 Å². The normalized spacial score (nSPS) is 24.1. The first-order valence-electron chi connectivity index (χ1n) is 8.03. The first-order valence-corrected chi connectivity index (χ1v) is 8.91. The van der Waals surface area contributed by atoms with Crippen LogP contribution in [0.25, 0.3) is 0 Å². The van der Waals surface area contributed by atoms with Gasteiger partial charge in [0, 0.05) is 23.9 Å². The zero-order chi connectivity index (χ0) is 15.1. The number of hydrogen-bond donors (Lipinski definition) is 2. The predicted molar refractivity (Wildman–Crippen MR) is 86.8 cm³/mol. The summed E-state index contributed by atoms with van der Waals surface area (Å²) in [5.41, 5.74) is 2.96. The molecule has 2 rings (SSSR count). The third kappa shape index (κ3) is 6.02. The second-order valence-corrected chi connectivity index (χ2v) is 7.14. The predicted octanol–water partition coefficient (Wildman–Crippen LogP) is 2.54. The minimum atomic E-state index is -0.410. The van der Waals surface area contributed by atoms with E-state index in [0.29, 0.717) is 25.8 Å². The summed E-state index contributed by atoms with van der Waals surface area (Å²) in [6.07, 6.45) is 5.55. The Kier molecular flexibility index (Phi) is 7.10. The summed E-state index contributed by atoms with van der Waals surface area (Å²) < 4.78 is 5.57. The Morgan fingerprint density at radius 3 is 2.86 bits per heavy atom. The highest BCUT2D eigenvalue weighted by Crippen LogP contribution is 2.23. The zero-order valence-corrected chi connectivity index (χ0v) is 14.0. The van der Waals surface area contributed by atoms with Gasteiger partial charge in [0.05, 0.1) is 30.5 Å². The summed E-state index contributed by atoms with van der Waals surface area (Å²) in [6.45, 7) is 6.05. The van der Waals surface area contributed by atoms with E-state index in [9.17, 15) is 5.11 Å². The van der Waals surface area contributed by atoms with Crippen molar-refractivity contribution in [3.05, 3.63) is 16.1 Å². The fourth-order valence-electron chi connectivity index (χ4n) is 2.78. The van der Waals surface area contributed by atoms with Crippen molar-refractivity contribution >= 4 is 11.3 Å². The molecule has 0 saturated heterocycles.